The van der Waals surface area contributed by atoms with Crippen LogP contribution in [0.4, 0.5) is 18.9 Å². The van der Waals surface area contributed by atoms with Crippen LogP contribution in [0.5, 0.6) is 0 Å². The molecule has 1 fully saturated rings. The van der Waals surface area contributed by atoms with Gasteiger partial charge in [-0.2, -0.15) is 13.2 Å². The van der Waals surface area contributed by atoms with E-state index in [1.807, 2.05) is 0 Å². The number of oxime groups is 1. The first kappa shape index (κ1) is 20.7. The molecule has 2 unspecified atom stereocenters. The third-order valence-corrected chi connectivity index (χ3v) is 4.11. The van der Waals surface area contributed by atoms with Crippen molar-refractivity contribution in [1.82, 2.24) is 4.90 Å². The van der Waals surface area contributed by atoms with E-state index >= 15 is 0 Å². The number of amides is 2. The van der Waals surface area contributed by atoms with Crippen LogP contribution in [0, 0.1) is 11.8 Å². The smallest absolute Gasteiger partial charge is 0.386 e. The average molecular weight is 385 g/mol. The summed E-state index contributed by atoms with van der Waals surface area (Å²) in [5, 5.41) is 5.66. The highest BCUT2D eigenvalue weighted by molar-refractivity contribution is 6.31. The van der Waals surface area contributed by atoms with Gasteiger partial charge in [-0.1, -0.05) is 25.1 Å². The highest BCUT2D eigenvalue weighted by Crippen LogP contribution is 2.30. The van der Waals surface area contributed by atoms with Crippen molar-refractivity contribution in [3.63, 3.8) is 0 Å². The predicted molar refractivity (Wildman–Crippen MR) is 94.0 cm³/mol. The largest absolute Gasteiger partial charge is 0.416 e. The number of nitrogens with one attached hydrogen (secondary N) is 1. The summed E-state index contributed by atoms with van der Waals surface area (Å²) >= 11 is 0. The zero-order valence-electron chi connectivity index (χ0n) is 15.1. The predicted octanol–water partition coefficient (Wildman–Crippen LogP) is 3.15. The molecule has 0 aromatic heterocycles. The quantitative estimate of drug-likeness (QED) is 0.625. The summed E-state index contributed by atoms with van der Waals surface area (Å²) in [7, 11) is 0. The van der Waals surface area contributed by atoms with Crippen LogP contribution in [-0.4, -0.2) is 42.6 Å². The van der Waals surface area contributed by atoms with Crippen molar-refractivity contribution >= 4 is 23.7 Å². The number of piperidine rings is 1. The highest BCUT2D eigenvalue weighted by Gasteiger charge is 2.30. The summed E-state index contributed by atoms with van der Waals surface area (Å²) in [6.07, 6.45) is -2.66. The highest BCUT2D eigenvalue weighted by atomic mass is 19.4. The van der Waals surface area contributed by atoms with E-state index < -0.39 is 17.6 Å². The van der Waals surface area contributed by atoms with Gasteiger partial charge < -0.3 is 15.1 Å². The molecule has 1 heterocycles. The number of anilines is 1. The van der Waals surface area contributed by atoms with Gasteiger partial charge in [0.2, 0.25) is 0 Å². The Labute approximate surface area is 155 Å². The number of carbonyl (C=O) groups excluding carboxylic acids is 2. The SMILES string of the molecule is CC1CC(C)CN(C(=O)CO/N=C/C(=O)Nc2cccc(C(F)(F)F)c2)C1. The molecule has 0 radical (unpaired) electrons. The lowest BCUT2D eigenvalue weighted by atomic mass is 9.92. The molecule has 1 aliphatic heterocycles. The maximum Gasteiger partial charge on any atom is 0.416 e. The molecule has 2 atom stereocenters. The second-order valence-electron chi connectivity index (χ2n) is 6.82. The molecule has 0 spiro atoms. The monoisotopic (exact) mass is 385 g/mol. The Morgan fingerprint density at radius 2 is 1.96 bits per heavy atom. The van der Waals surface area contributed by atoms with E-state index in [1.54, 1.807) is 4.90 Å². The first-order valence-corrected chi connectivity index (χ1v) is 8.56. The lowest BCUT2D eigenvalue weighted by Gasteiger charge is -2.34. The summed E-state index contributed by atoms with van der Waals surface area (Å²) in [5.74, 6) is -0.148. The molecule has 1 aliphatic rings. The topological polar surface area (TPSA) is 71.0 Å². The van der Waals surface area contributed by atoms with Crippen molar-refractivity contribution in [2.24, 2.45) is 17.0 Å². The van der Waals surface area contributed by atoms with Crippen LogP contribution < -0.4 is 5.32 Å². The fourth-order valence-electron chi connectivity index (χ4n) is 3.08. The summed E-state index contributed by atoms with van der Waals surface area (Å²) in [6, 6.07) is 4.23. The van der Waals surface area contributed by atoms with Crippen molar-refractivity contribution in [2.75, 3.05) is 25.0 Å². The molecule has 1 N–H and O–H groups in total. The number of rotatable bonds is 5. The molecular weight excluding hydrogens is 363 g/mol. The van der Waals surface area contributed by atoms with E-state index in [4.69, 9.17) is 4.84 Å². The van der Waals surface area contributed by atoms with Crippen molar-refractivity contribution in [2.45, 2.75) is 26.4 Å². The average Bonchev–Trinajstić information content (AvgIpc) is 2.57. The minimum Gasteiger partial charge on any atom is -0.386 e. The fourth-order valence-corrected chi connectivity index (χ4v) is 3.08. The molecule has 1 saturated heterocycles. The number of benzene rings is 1. The number of alkyl halides is 3. The molecule has 1 aromatic carbocycles. The van der Waals surface area contributed by atoms with Gasteiger partial charge in [0, 0.05) is 18.8 Å². The van der Waals surface area contributed by atoms with Crippen LogP contribution in [0.2, 0.25) is 0 Å². The maximum atomic E-state index is 12.6. The minimum absolute atomic E-state index is 0.0198. The molecule has 6 nitrogen and oxygen atoms in total. The van der Waals surface area contributed by atoms with Gasteiger partial charge in [0.25, 0.3) is 11.8 Å². The van der Waals surface area contributed by atoms with Gasteiger partial charge in [0.05, 0.1) is 5.56 Å². The summed E-state index contributed by atoms with van der Waals surface area (Å²) in [6.45, 7) is 5.17. The first-order chi connectivity index (χ1) is 12.6. The van der Waals surface area contributed by atoms with Gasteiger partial charge in [-0.05, 0) is 36.5 Å². The minimum atomic E-state index is -4.50. The fraction of sp³-hybridized carbons (Fsp3) is 0.500. The van der Waals surface area contributed by atoms with Crippen molar-refractivity contribution in [3.8, 4) is 0 Å². The molecule has 27 heavy (non-hydrogen) atoms. The molecular formula is C18H22F3N3O3. The normalized spacial score (nSPS) is 20.6. The Morgan fingerprint density at radius 3 is 2.59 bits per heavy atom. The molecule has 2 rings (SSSR count). The van der Waals surface area contributed by atoms with Crippen LogP contribution in [-0.2, 0) is 20.6 Å². The molecule has 0 saturated carbocycles. The summed E-state index contributed by atoms with van der Waals surface area (Å²) in [4.78, 5) is 30.3. The van der Waals surface area contributed by atoms with Crippen molar-refractivity contribution in [3.05, 3.63) is 29.8 Å². The zero-order chi connectivity index (χ0) is 20.0. The van der Waals surface area contributed by atoms with Gasteiger partial charge >= 0.3 is 6.18 Å². The molecule has 9 heteroatoms. The van der Waals surface area contributed by atoms with Gasteiger partial charge in [0.1, 0.15) is 6.21 Å². The van der Waals surface area contributed by atoms with E-state index in [0.29, 0.717) is 24.9 Å². The van der Waals surface area contributed by atoms with Gasteiger partial charge in [-0.3, -0.25) is 9.59 Å². The molecule has 0 aliphatic carbocycles. The second kappa shape index (κ2) is 8.88. The standard InChI is InChI=1S/C18H22F3N3O3/c1-12-6-13(2)10-24(9-12)17(26)11-27-22-8-16(25)23-15-5-3-4-14(7-15)18(19,20)21/h3-5,7-8,12-13H,6,9-11H2,1-2H3,(H,23,25)/b22-8+. The van der Waals surface area contributed by atoms with E-state index in [1.165, 1.54) is 12.1 Å². The van der Waals surface area contributed by atoms with Crippen LogP contribution in [0.1, 0.15) is 25.8 Å². The van der Waals surface area contributed by atoms with Crippen LogP contribution in [0.3, 0.4) is 0 Å². The number of halogens is 3. The first-order valence-electron chi connectivity index (χ1n) is 8.56. The Morgan fingerprint density at radius 1 is 1.30 bits per heavy atom. The third-order valence-electron chi connectivity index (χ3n) is 4.11. The summed E-state index contributed by atoms with van der Waals surface area (Å²) < 4.78 is 37.9. The molecule has 148 valence electrons. The van der Waals surface area contributed by atoms with Gasteiger partial charge in [0.15, 0.2) is 6.61 Å². The Kier molecular flexibility index (Phi) is 6.81. The third kappa shape index (κ3) is 6.58. The van der Waals surface area contributed by atoms with E-state index in [9.17, 15) is 22.8 Å². The van der Waals surface area contributed by atoms with Crippen molar-refractivity contribution < 1.29 is 27.6 Å². The lowest BCUT2D eigenvalue weighted by molar-refractivity contribution is -0.139. The Balaban J connectivity index is 1.79. The van der Waals surface area contributed by atoms with E-state index in [2.05, 4.69) is 24.3 Å². The number of carbonyl (C=O) groups is 2. The van der Waals surface area contributed by atoms with Gasteiger partial charge in [-0.25, -0.2) is 0 Å². The maximum absolute atomic E-state index is 12.6. The van der Waals surface area contributed by atoms with Gasteiger partial charge in [-0.15, -0.1) is 0 Å². The molecule has 0 bridgehead atoms. The van der Waals surface area contributed by atoms with Crippen LogP contribution in [0.15, 0.2) is 29.4 Å². The van der Waals surface area contributed by atoms with E-state index in [-0.39, 0.29) is 18.2 Å². The Bertz CT molecular complexity index is 697. The number of hydrogen-bond acceptors (Lipinski definition) is 4. The van der Waals surface area contributed by atoms with Crippen LogP contribution in [0.25, 0.3) is 0 Å². The number of hydrogen-bond donors (Lipinski definition) is 1. The number of nitrogens with zero attached hydrogens (tertiary/aromatic N) is 2. The zero-order valence-corrected chi connectivity index (χ0v) is 15.1. The summed E-state index contributed by atoms with van der Waals surface area (Å²) in [5.41, 5.74) is -0.891. The Hall–Kier alpha value is -2.58. The van der Waals surface area contributed by atoms with Crippen LogP contribution >= 0.6 is 0 Å². The second-order valence-corrected chi connectivity index (χ2v) is 6.82. The van der Waals surface area contributed by atoms with Crippen molar-refractivity contribution in [1.29, 1.82) is 0 Å². The molecule has 1 aromatic rings. The molecule has 2 amide bonds. The lowest BCUT2D eigenvalue weighted by Crippen LogP contribution is -2.44. The van der Waals surface area contributed by atoms with E-state index in [0.717, 1.165) is 24.8 Å². The number of likely N-dealkylation sites (tertiary alicyclic amines) is 1.